The summed E-state index contributed by atoms with van der Waals surface area (Å²) in [6, 6.07) is 0. The maximum absolute atomic E-state index is 11.5. The van der Waals surface area contributed by atoms with E-state index in [1.54, 1.807) is 6.21 Å². The maximum atomic E-state index is 11.5. The van der Waals surface area contributed by atoms with Crippen molar-refractivity contribution in [2.75, 3.05) is 6.54 Å². The topological polar surface area (TPSA) is 73.5 Å². The molecule has 0 amide bonds. The van der Waals surface area contributed by atoms with Gasteiger partial charge in [0.2, 0.25) is 0 Å². The van der Waals surface area contributed by atoms with E-state index < -0.39 is 16.1 Å². The molecule has 5 heteroatoms. The molecule has 1 heterocycles. The largest absolute Gasteiger partial charge is 0.598 e. The lowest BCUT2D eigenvalue weighted by Crippen LogP contribution is -2.39. The number of hydrazone groups is 1. The first kappa shape index (κ1) is 13.5. The molecule has 4 nitrogen and oxygen atoms in total. The standard InChI is InChI=1S/C11H21N3OS/c1-11(2,16(12)15)10-6-4-3-5-8-13-14-9-7-10/h7,9,13H,3-6,8,12H2,1-2H3/b10-7+,14-9-. The van der Waals surface area contributed by atoms with Crippen molar-refractivity contribution in [2.24, 2.45) is 10.2 Å². The normalized spacial score (nSPS) is 26.1. The second kappa shape index (κ2) is 6.27. The Kier molecular flexibility index (Phi) is 5.31. The molecule has 1 aliphatic heterocycles. The first-order chi connectivity index (χ1) is 7.55. The summed E-state index contributed by atoms with van der Waals surface area (Å²) in [4.78, 5) is 0. The number of rotatable bonds is 2. The number of nitrogens with zero attached hydrogens (tertiary/aromatic N) is 1. The van der Waals surface area contributed by atoms with Crippen molar-refractivity contribution in [3.8, 4) is 0 Å². The molecule has 1 aliphatic rings. The highest BCUT2D eigenvalue weighted by Crippen LogP contribution is 2.28. The molecule has 0 bridgehead atoms. The highest BCUT2D eigenvalue weighted by Gasteiger charge is 2.33. The van der Waals surface area contributed by atoms with E-state index in [0.29, 0.717) is 0 Å². The SMILES string of the molecule is CC(C)(/C1=C/C=N\NCCCCC1)[S+](N)[O-]. The van der Waals surface area contributed by atoms with Gasteiger partial charge in [-0.25, -0.2) is 0 Å². The predicted molar refractivity (Wildman–Crippen MR) is 69.5 cm³/mol. The van der Waals surface area contributed by atoms with E-state index in [4.69, 9.17) is 5.14 Å². The van der Waals surface area contributed by atoms with Crippen LogP contribution in [0.25, 0.3) is 0 Å². The summed E-state index contributed by atoms with van der Waals surface area (Å²) >= 11 is -1.35. The van der Waals surface area contributed by atoms with E-state index >= 15 is 0 Å². The van der Waals surface area contributed by atoms with Gasteiger partial charge in [-0.15, -0.1) is 0 Å². The number of hydrogen-bond donors (Lipinski definition) is 2. The van der Waals surface area contributed by atoms with Crippen LogP contribution in [-0.4, -0.2) is 22.1 Å². The summed E-state index contributed by atoms with van der Waals surface area (Å²) < 4.78 is 11.0. The van der Waals surface area contributed by atoms with Crippen molar-refractivity contribution < 1.29 is 4.55 Å². The smallest absolute Gasteiger partial charge is 0.160 e. The van der Waals surface area contributed by atoms with Crippen molar-refractivity contribution in [3.05, 3.63) is 11.6 Å². The van der Waals surface area contributed by atoms with Gasteiger partial charge in [-0.2, -0.15) is 10.2 Å². The molecule has 0 aromatic rings. The van der Waals surface area contributed by atoms with E-state index in [1.165, 1.54) is 0 Å². The zero-order valence-corrected chi connectivity index (χ0v) is 10.8. The summed E-state index contributed by atoms with van der Waals surface area (Å²) in [6.07, 6.45) is 8.01. The third-order valence-corrected chi connectivity index (χ3v) is 4.22. The van der Waals surface area contributed by atoms with Gasteiger partial charge in [0.15, 0.2) is 4.75 Å². The molecular weight excluding hydrogens is 222 g/mol. The van der Waals surface area contributed by atoms with Gasteiger partial charge in [0.1, 0.15) is 0 Å². The molecule has 0 saturated heterocycles. The molecule has 0 radical (unpaired) electrons. The molecule has 0 fully saturated rings. The second-order valence-electron chi connectivity index (χ2n) is 4.50. The fourth-order valence-electron chi connectivity index (χ4n) is 1.66. The Hall–Kier alpha value is -0.520. The predicted octanol–water partition coefficient (Wildman–Crippen LogP) is 1.46. The number of nitrogens with one attached hydrogen (secondary N) is 1. The Morgan fingerprint density at radius 1 is 1.44 bits per heavy atom. The molecule has 0 aliphatic carbocycles. The van der Waals surface area contributed by atoms with Crippen LogP contribution in [0.5, 0.6) is 0 Å². The minimum atomic E-state index is -1.35. The monoisotopic (exact) mass is 243 g/mol. The average Bonchev–Trinajstić information content (AvgIpc) is 2.25. The van der Waals surface area contributed by atoms with Gasteiger partial charge < -0.3 is 9.98 Å². The second-order valence-corrected chi connectivity index (χ2v) is 6.11. The van der Waals surface area contributed by atoms with Crippen LogP contribution in [0.1, 0.15) is 39.5 Å². The summed E-state index contributed by atoms with van der Waals surface area (Å²) in [6.45, 7) is 4.76. The lowest BCUT2D eigenvalue weighted by molar-refractivity contribution is 0.554. The van der Waals surface area contributed by atoms with Crippen molar-refractivity contribution in [1.82, 2.24) is 5.43 Å². The fourth-order valence-corrected chi connectivity index (χ4v) is 2.08. The fraction of sp³-hybridized carbons (Fsp3) is 0.727. The molecule has 0 spiro atoms. The summed E-state index contributed by atoms with van der Waals surface area (Å²) in [5.74, 6) is 0. The highest BCUT2D eigenvalue weighted by molar-refractivity contribution is 7.90. The lowest BCUT2D eigenvalue weighted by atomic mass is 9.96. The molecule has 1 rings (SSSR count). The minimum Gasteiger partial charge on any atom is -0.598 e. The van der Waals surface area contributed by atoms with Gasteiger partial charge in [-0.05, 0) is 44.8 Å². The van der Waals surface area contributed by atoms with Crippen LogP contribution < -0.4 is 10.6 Å². The molecule has 0 saturated carbocycles. The van der Waals surface area contributed by atoms with Crippen molar-refractivity contribution in [3.63, 3.8) is 0 Å². The van der Waals surface area contributed by atoms with Crippen LogP contribution in [-0.2, 0) is 11.4 Å². The van der Waals surface area contributed by atoms with E-state index in [1.807, 2.05) is 19.9 Å². The molecular formula is C11H21N3OS. The lowest BCUT2D eigenvalue weighted by Gasteiger charge is -2.27. The molecule has 16 heavy (non-hydrogen) atoms. The van der Waals surface area contributed by atoms with Crippen LogP contribution in [0.2, 0.25) is 0 Å². The van der Waals surface area contributed by atoms with Gasteiger partial charge in [0.05, 0.1) is 0 Å². The van der Waals surface area contributed by atoms with Crippen molar-refractivity contribution >= 4 is 17.6 Å². The number of allylic oxidation sites excluding steroid dienone is 1. The van der Waals surface area contributed by atoms with E-state index in [-0.39, 0.29) is 0 Å². The molecule has 3 N–H and O–H groups in total. The Labute approximate surface area is 101 Å². The van der Waals surface area contributed by atoms with Crippen LogP contribution in [0.4, 0.5) is 0 Å². The van der Waals surface area contributed by atoms with Crippen molar-refractivity contribution in [1.29, 1.82) is 0 Å². The van der Waals surface area contributed by atoms with Crippen LogP contribution >= 0.6 is 0 Å². The Morgan fingerprint density at radius 2 is 2.19 bits per heavy atom. The van der Waals surface area contributed by atoms with E-state index in [2.05, 4.69) is 10.5 Å². The van der Waals surface area contributed by atoms with E-state index in [0.717, 1.165) is 37.8 Å². The van der Waals surface area contributed by atoms with Gasteiger partial charge in [-0.3, -0.25) is 0 Å². The average molecular weight is 243 g/mol. The van der Waals surface area contributed by atoms with Crippen LogP contribution in [0.15, 0.2) is 16.8 Å². The third-order valence-electron chi connectivity index (χ3n) is 2.95. The van der Waals surface area contributed by atoms with Crippen molar-refractivity contribution in [2.45, 2.75) is 44.3 Å². The van der Waals surface area contributed by atoms with Crippen LogP contribution in [0, 0.1) is 0 Å². The minimum absolute atomic E-state index is 0.467. The van der Waals surface area contributed by atoms with Gasteiger partial charge in [-0.1, -0.05) is 6.42 Å². The molecule has 1 atom stereocenters. The van der Waals surface area contributed by atoms with Gasteiger partial charge in [0.25, 0.3) is 0 Å². The first-order valence-corrected chi connectivity index (χ1v) is 6.88. The molecule has 92 valence electrons. The zero-order chi connectivity index (χ0) is 12.0. The Bertz CT molecular complexity index is 274. The Balaban J connectivity index is 2.79. The zero-order valence-electron chi connectivity index (χ0n) is 10.0. The summed E-state index contributed by atoms with van der Waals surface area (Å²) in [5, 5.41) is 9.60. The number of nitrogens with two attached hydrogens (primary N) is 1. The molecule has 1 unspecified atom stereocenters. The first-order valence-electron chi connectivity index (χ1n) is 5.67. The summed E-state index contributed by atoms with van der Waals surface area (Å²) in [5.41, 5.74) is 4.09. The number of hydrogen-bond acceptors (Lipinski definition) is 4. The van der Waals surface area contributed by atoms with Gasteiger partial charge in [0, 0.05) is 24.1 Å². The maximum Gasteiger partial charge on any atom is 0.160 e. The van der Waals surface area contributed by atoms with E-state index in [9.17, 15) is 4.55 Å². The third kappa shape index (κ3) is 3.81. The highest BCUT2D eigenvalue weighted by atomic mass is 32.2. The van der Waals surface area contributed by atoms with Crippen LogP contribution in [0.3, 0.4) is 0 Å². The van der Waals surface area contributed by atoms with Gasteiger partial charge >= 0.3 is 0 Å². The molecule has 0 aromatic heterocycles. The summed E-state index contributed by atoms with van der Waals surface area (Å²) in [7, 11) is 0. The molecule has 0 aromatic carbocycles. The Morgan fingerprint density at radius 3 is 2.88 bits per heavy atom. The quantitative estimate of drug-likeness (QED) is 0.721.